The quantitative estimate of drug-likeness (QED) is 0.538. The summed E-state index contributed by atoms with van der Waals surface area (Å²) >= 11 is 0. The highest BCUT2D eigenvalue weighted by Gasteiger charge is 2.40. The molecule has 2 aliphatic rings. The van der Waals surface area contributed by atoms with Gasteiger partial charge in [0.1, 0.15) is 5.52 Å². The van der Waals surface area contributed by atoms with E-state index in [1.165, 1.54) is 18.6 Å². The van der Waals surface area contributed by atoms with E-state index in [2.05, 4.69) is 4.98 Å². The van der Waals surface area contributed by atoms with Crippen molar-refractivity contribution < 1.29 is 27.9 Å². The number of ether oxygens (including phenoxy) is 1. The van der Waals surface area contributed by atoms with Crippen LogP contribution in [-0.4, -0.2) is 47.4 Å². The van der Waals surface area contributed by atoms with Crippen LogP contribution < -0.4 is 5.73 Å². The van der Waals surface area contributed by atoms with Gasteiger partial charge >= 0.3 is 6.09 Å². The summed E-state index contributed by atoms with van der Waals surface area (Å²) in [6, 6.07) is 4.30. The van der Waals surface area contributed by atoms with Crippen LogP contribution in [0.25, 0.3) is 11.1 Å². The minimum Gasteiger partial charge on any atom is -0.450 e. The molecule has 2 amide bonds. The fourth-order valence-electron chi connectivity index (χ4n) is 5.37. The molecular weight excluding hydrogens is 441 g/mol. The minimum absolute atomic E-state index is 0.0530. The molecule has 0 radical (unpaired) electrons. The van der Waals surface area contributed by atoms with Gasteiger partial charge in [-0.15, -0.1) is 0 Å². The zero-order valence-corrected chi connectivity index (χ0v) is 19.3. The average Bonchev–Trinajstić information content (AvgIpc) is 3.51. The van der Waals surface area contributed by atoms with Gasteiger partial charge in [-0.3, -0.25) is 9.59 Å². The van der Waals surface area contributed by atoms with E-state index in [0.29, 0.717) is 25.4 Å². The molecule has 1 aliphatic carbocycles. The average molecular weight is 474 g/mol. The molecule has 2 unspecified atom stereocenters. The molecule has 1 saturated carbocycles. The minimum atomic E-state index is -0.940. The number of primary amides is 1. The van der Waals surface area contributed by atoms with Crippen molar-refractivity contribution in [3.05, 3.63) is 29.9 Å². The van der Waals surface area contributed by atoms with Gasteiger partial charge in [-0.25, -0.2) is 14.2 Å². The maximum Gasteiger partial charge on any atom is 0.404 e. The Bertz CT molecular complexity index is 1030. The Morgan fingerprint density at radius 2 is 1.85 bits per heavy atom. The number of halogens is 1. The lowest BCUT2D eigenvalue weighted by Gasteiger charge is -2.32. The largest absolute Gasteiger partial charge is 0.450 e. The summed E-state index contributed by atoms with van der Waals surface area (Å²) in [4.78, 5) is 44.5. The molecule has 1 aliphatic heterocycles. The van der Waals surface area contributed by atoms with Crippen LogP contribution in [0.3, 0.4) is 0 Å². The van der Waals surface area contributed by atoms with Crippen molar-refractivity contribution >= 4 is 28.9 Å². The second-order valence-corrected chi connectivity index (χ2v) is 9.41. The van der Waals surface area contributed by atoms with E-state index in [-0.39, 0.29) is 35.9 Å². The second kappa shape index (κ2) is 11.0. The van der Waals surface area contributed by atoms with Gasteiger partial charge in [0.2, 0.25) is 11.7 Å². The molecule has 8 nitrogen and oxygen atoms in total. The highest BCUT2D eigenvalue weighted by atomic mass is 19.1. The molecule has 2 fully saturated rings. The van der Waals surface area contributed by atoms with Crippen molar-refractivity contribution in [2.75, 3.05) is 19.7 Å². The number of amides is 2. The Morgan fingerprint density at radius 3 is 2.53 bits per heavy atom. The number of rotatable bonds is 9. The normalized spacial score (nSPS) is 18.7. The number of nitrogens with two attached hydrogens (primary N) is 1. The van der Waals surface area contributed by atoms with Crippen LogP contribution in [0.4, 0.5) is 9.18 Å². The number of carbonyl (C=O) groups is 3. The summed E-state index contributed by atoms with van der Waals surface area (Å²) in [5.74, 6) is -2.43. The summed E-state index contributed by atoms with van der Waals surface area (Å²) in [6.45, 7) is 1.24. The molecular formula is C25H32FN3O5. The van der Waals surface area contributed by atoms with E-state index in [1.54, 1.807) is 6.07 Å². The van der Waals surface area contributed by atoms with Crippen LogP contribution in [0, 0.1) is 23.6 Å². The number of nitrogens with zero attached hydrogens (tertiary/aromatic N) is 2. The molecule has 184 valence electrons. The number of benzene rings is 1. The van der Waals surface area contributed by atoms with Gasteiger partial charge in [-0.2, -0.15) is 0 Å². The predicted molar refractivity (Wildman–Crippen MR) is 122 cm³/mol. The topological polar surface area (TPSA) is 116 Å². The summed E-state index contributed by atoms with van der Waals surface area (Å²) in [5.41, 5.74) is 5.28. The van der Waals surface area contributed by atoms with Crippen molar-refractivity contribution in [3.8, 4) is 0 Å². The van der Waals surface area contributed by atoms with Gasteiger partial charge in [0, 0.05) is 24.9 Å². The second-order valence-electron chi connectivity index (χ2n) is 9.41. The van der Waals surface area contributed by atoms with Crippen LogP contribution in [0.1, 0.15) is 68.5 Å². The Morgan fingerprint density at radius 1 is 1.12 bits per heavy atom. The number of hydrogen-bond acceptors (Lipinski definition) is 6. The number of oxazole rings is 1. The van der Waals surface area contributed by atoms with E-state index in [4.69, 9.17) is 14.9 Å². The van der Waals surface area contributed by atoms with Crippen molar-refractivity contribution in [1.82, 2.24) is 9.88 Å². The molecule has 1 aromatic heterocycles. The van der Waals surface area contributed by atoms with Crippen molar-refractivity contribution in [2.24, 2.45) is 23.5 Å². The molecule has 2 atom stereocenters. The molecule has 2 heterocycles. The van der Waals surface area contributed by atoms with Crippen molar-refractivity contribution in [3.63, 3.8) is 0 Å². The molecule has 0 bridgehead atoms. The van der Waals surface area contributed by atoms with Crippen LogP contribution in [0.5, 0.6) is 0 Å². The number of hydrogen-bond donors (Lipinski definition) is 1. The van der Waals surface area contributed by atoms with Gasteiger partial charge in [0.05, 0.1) is 6.61 Å². The first-order valence-corrected chi connectivity index (χ1v) is 12.2. The van der Waals surface area contributed by atoms with E-state index < -0.39 is 29.5 Å². The number of carbonyl (C=O) groups excluding carboxylic acids is 3. The molecule has 4 rings (SSSR count). The molecule has 1 saturated heterocycles. The summed E-state index contributed by atoms with van der Waals surface area (Å²) in [7, 11) is 0. The van der Waals surface area contributed by atoms with Crippen molar-refractivity contribution in [1.29, 1.82) is 0 Å². The molecule has 1 aromatic carbocycles. The Balaban J connectivity index is 1.65. The molecule has 0 spiro atoms. The maximum atomic E-state index is 14.2. The van der Waals surface area contributed by atoms with E-state index in [1.807, 2.05) is 4.90 Å². The first-order chi connectivity index (χ1) is 16.4. The van der Waals surface area contributed by atoms with E-state index in [0.717, 1.165) is 38.5 Å². The van der Waals surface area contributed by atoms with Crippen LogP contribution in [-0.2, 0) is 9.53 Å². The third-order valence-corrected chi connectivity index (χ3v) is 7.12. The molecule has 2 N–H and O–H groups in total. The summed E-state index contributed by atoms with van der Waals surface area (Å²) < 4.78 is 24.6. The monoisotopic (exact) mass is 473 g/mol. The zero-order valence-electron chi connectivity index (χ0n) is 19.3. The lowest BCUT2D eigenvalue weighted by atomic mass is 9.75. The first kappa shape index (κ1) is 24.2. The van der Waals surface area contributed by atoms with Crippen LogP contribution in [0.2, 0.25) is 0 Å². The number of para-hydroxylation sites is 1. The maximum absolute atomic E-state index is 14.2. The number of fused-ring (bicyclic) bond motifs is 1. The first-order valence-electron chi connectivity index (χ1n) is 12.2. The highest BCUT2D eigenvalue weighted by Crippen LogP contribution is 2.36. The molecule has 9 heteroatoms. The van der Waals surface area contributed by atoms with Crippen LogP contribution in [0.15, 0.2) is 22.6 Å². The summed E-state index contributed by atoms with van der Waals surface area (Å²) in [5, 5.41) is 0. The summed E-state index contributed by atoms with van der Waals surface area (Å²) in [6.07, 6.45) is 7.09. The Labute approximate surface area is 198 Å². The zero-order chi connectivity index (χ0) is 24.1. The van der Waals surface area contributed by atoms with Crippen LogP contribution >= 0.6 is 0 Å². The number of Topliss-reactive ketones (excluding diaryl/α,β-unsaturated/α-hetero) is 1. The van der Waals surface area contributed by atoms with Gasteiger partial charge < -0.3 is 19.8 Å². The van der Waals surface area contributed by atoms with Gasteiger partial charge in [0.25, 0.3) is 5.89 Å². The smallest absolute Gasteiger partial charge is 0.404 e. The fourth-order valence-corrected chi connectivity index (χ4v) is 5.37. The standard InChI is InChI=1S/C25H32FN3O5/c26-19-9-6-10-20-22(19)34-23(28-20)21(30)17(11-14-33-25(27)32)18(15-16-7-2-1-3-8-16)24(31)29-12-4-5-13-29/h6,9-10,16-18H,1-5,7-8,11-15H2,(H2,27,32). The molecule has 2 aromatic rings. The Kier molecular flexibility index (Phi) is 7.80. The molecule has 34 heavy (non-hydrogen) atoms. The van der Waals surface area contributed by atoms with E-state index >= 15 is 0 Å². The SMILES string of the molecule is NC(=O)OCCC(C(=O)c1nc2cccc(F)c2o1)C(CC1CCCCC1)C(=O)N1CCCC1. The number of likely N-dealkylation sites (tertiary alicyclic amines) is 1. The highest BCUT2D eigenvalue weighted by molar-refractivity contribution is 5.98. The number of aromatic nitrogens is 1. The number of ketones is 1. The third kappa shape index (κ3) is 5.56. The Hall–Kier alpha value is -2.97. The van der Waals surface area contributed by atoms with Crippen molar-refractivity contribution in [2.45, 2.75) is 57.8 Å². The predicted octanol–water partition coefficient (Wildman–Crippen LogP) is 4.46. The third-order valence-electron chi connectivity index (χ3n) is 7.12. The fraction of sp³-hybridized carbons (Fsp3) is 0.600. The van der Waals surface area contributed by atoms with Gasteiger partial charge in [0.15, 0.2) is 11.4 Å². The lowest BCUT2D eigenvalue weighted by Crippen LogP contribution is -2.41. The van der Waals surface area contributed by atoms with E-state index in [9.17, 15) is 18.8 Å². The van der Waals surface area contributed by atoms with Gasteiger partial charge in [-0.05, 0) is 43.7 Å². The van der Waals surface area contributed by atoms with Gasteiger partial charge in [-0.1, -0.05) is 38.2 Å². The lowest BCUT2D eigenvalue weighted by molar-refractivity contribution is -0.136.